The largest absolute Gasteiger partial charge is 0.389 e. The summed E-state index contributed by atoms with van der Waals surface area (Å²) >= 11 is 0. The summed E-state index contributed by atoms with van der Waals surface area (Å²) in [7, 11) is 0. The lowest BCUT2D eigenvalue weighted by molar-refractivity contribution is -0.0438. The van der Waals surface area contributed by atoms with E-state index in [2.05, 4.69) is 21.9 Å². The first-order chi connectivity index (χ1) is 10.5. The topological polar surface area (TPSA) is 52.7 Å². The van der Waals surface area contributed by atoms with Gasteiger partial charge >= 0.3 is 0 Å². The van der Waals surface area contributed by atoms with E-state index in [9.17, 15) is 5.11 Å². The van der Waals surface area contributed by atoms with Crippen molar-refractivity contribution >= 4 is 0 Å². The third kappa shape index (κ3) is 4.09. The summed E-state index contributed by atoms with van der Waals surface area (Å²) in [6.07, 6.45) is 4.27. The third-order valence-corrected chi connectivity index (χ3v) is 5.25. The predicted octanol–water partition coefficient (Wildman–Crippen LogP) is 2.04. The van der Waals surface area contributed by atoms with E-state index in [0.717, 1.165) is 69.5 Å². The van der Waals surface area contributed by atoms with Crippen molar-refractivity contribution in [2.45, 2.75) is 51.7 Å². The molecule has 0 unspecified atom stereocenters. The van der Waals surface area contributed by atoms with Crippen LogP contribution >= 0.6 is 0 Å². The van der Waals surface area contributed by atoms with Gasteiger partial charge in [0.2, 0.25) is 0 Å². The molecular weight excluding hydrogens is 278 g/mol. The zero-order chi connectivity index (χ0) is 15.6. The Morgan fingerprint density at radius 3 is 2.45 bits per heavy atom. The summed E-state index contributed by atoms with van der Waals surface area (Å²) in [6.45, 7) is 10.1. The Hall–Kier alpha value is -0.910. The highest BCUT2D eigenvalue weighted by Gasteiger charge is 2.34. The maximum Gasteiger partial charge on any atom is 0.133 e. The minimum atomic E-state index is -0.447. The number of hydrogen-bond donors (Lipinski definition) is 1. The van der Waals surface area contributed by atoms with Crippen LogP contribution in [0.25, 0.3) is 0 Å². The third-order valence-electron chi connectivity index (χ3n) is 5.25. The molecule has 1 aromatic rings. The van der Waals surface area contributed by atoms with Crippen LogP contribution in [0.2, 0.25) is 0 Å². The van der Waals surface area contributed by atoms with Gasteiger partial charge in [-0.2, -0.15) is 0 Å². The molecule has 1 N–H and O–H groups in total. The number of aryl methyl sites for hydroxylation is 1. The van der Waals surface area contributed by atoms with Gasteiger partial charge in [0, 0.05) is 45.3 Å². The first kappa shape index (κ1) is 16.0. The first-order valence-electron chi connectivity index (χ1n) is 8.62. The van der Waals surface area contributed by atoms with Crippen molar-refractivity contribution in [2.75, 3.05) is 32.7 Å². The lowest BCUT2D eigenvalue weighted by atomic mass is 9.79. The SMILES string of the molecule is Cc1cc(CN2CCN(CC3(O)CCC(C)CC3)CC2)no1. The molecule has 2 heterocycles. The van der Waals surface area contributed by atoms with Crippen LogP contribution in [0.15, 0.2) is 10.6 Å². The standard InChI is InChI=1S/C17H29N3O2/c1-14-3-5-17(21,6-4-14)13-20-9-7-19(8-10-20)12-16-11-15(2)22-18-16/h11,14,21H,3-10,12-13H2,1-2H3. The smallest absolute Gasteiger partial charge is 0.133 e. The van der Waals surface area contributed by atoms with Crippen LogP contribution in [-0.2, 0) is 6.54 Å². The molecule has 0 amide bonds. The fourth-order valence-corrected chi connectivity index (χ4v) is 3.70. The van der Waals surface area contributed by atoms with Crippen molar-refractivity contribution in [1.82, 2.24) is 15.0 Å². The Kier molecular flexibility index (Phi) is 4.85. The van der Waals surface area contributed by atoms with Crippen LogP contribution in [-0.4, -0.2) is 58.4 Å². The Morgan fingerprint density at radius 2 is 1.86 bits per heavy atom. The van der Waals surface area contributed by atoms with Crippen molar-refractivity contribution in [3.05, 3.63) is 17.5 Å². The molecule has 3 rings (SSSR count). The number of β-amino-alcohol motifs (C(OH)–C–C–N with tert-alkyl or cyclic N) is 1. The van der Waals surface area contributed by atoms with Gasteiger partial charge in [0.1, 0.15) is 5.76 Å². The van der Waals surface area contributed by atoms with Gasteiger partial charge in [0.15, 0.2) is 0 Å². The van der Waals surface area contributed by atoms with Gasteiger partial charge in [-0.05, 0) is 38.5 Å². The molecule has 1 saturated heterocycles. The van der Waals surface area contributed by atoms with Gasteiger partial charge in [-0.3, -0.25) is 9.80 Å². The molecule has 0 atom stereocenters. The average molecular weight is 307 g/mol. The summed E-state index contributed by atoms with van der Waals surface area (Å²) in [5, 5.41) is 14.8. The highest BCUT2D eigenvalue weighted by Crippen LogP contribution is 2.32. The maximum absolute atomic E-state index is 10.8. The van der Waals surface area contributed by atoms with E-state index < -0.39 is 5.60 Å². The molecule has 1 aliphatic carbocycles. The monoisotopic (exact) mass is 307 g/mol. The zero-order valence-corrected chi connectivity index (χ0v) is 13.9. The van der Waals surface area contributed by atoms with E-state index in [1.807, 2.05) is 13.0 Å². The van der Waals surface area contributed by atoms with Crippen LogP contribution in [0.5, 0.6) is 0 Å². The van der Waals surface area contributed by atoms with E-state index in [1.165, 1.54) is 12.8 Å². The molecule has 22 heavy (non-hydrogen) atoms. The second-order valence-corrected chi connectivity index (χ2v) is 7.39. The van der Waals surface area contributed by atoms with Gasteiger partial charge in [-0.15, -0.1) is 0 Å². The Morgan fingerprint density at radius 1 is 1.23 bits per heavy atom. The second kappa shape index (κ2) is 6.69. The van der Waals surface area contributed by atoms with E-state index in [4.69, 9.17) is 4.52 Å². The van der Waals surface area contributed by atoms with Crippen LogP contribution in [0.1, 0.15) is 44.1 Å². The molecule has 1 aromatic heterocycles. The molecule has 5 heteroatoms. The van der Waals surface area contributed by atoms with Crippen LogP contribution < -0.4 is 0 Å². The molecule has 1 aliphatic heterocycles. The van der Waals surface area contributed by atoms with Gasteiger partial charge in [0.25, 0.3) is 0 Å². The van der Waals surface area contributed by atoms with Gasteiger partial charge in [0.05, 0.1) is 11.3 Å². The molecule has 2 fully saturated rings. The number of aliphatic hydroxyl groups is 1. The Labute approximate surface area is 133 Å². The number of rotatable bonds is 4. The highest BCUT2D eigenvalue weighted by molar-refractivity contribution is 5.03. The van der Waals surface area contributed by atoms with Crippen molar-refractivity contribution in [2.24, 2.45) is 5.92 Å². The molecule has 2 aliphatic rings. The Balaban J connectivity index is 1.43. The number of hydrogen-bond acceptors (Lipinski definition) is 5. The van der Waals surface area contributed by atoms with Gasteiger partial charge < -0.3 is 9.63 Å². The normalized spacial score (nSPS) is 31.5. The van der Waals surface area contributed by atoms with E-state index in [1.54, 1.807) is 0 Å². The molecule has 1 saturated carbocycles. The number of aromatic nitrogens is 1. The minimum absolute atomic E-state index is 0.447. The molecule has 124 valence electrons. The summed E-state index contributed by atoms with van der Waals surface area (Å²) < 4.78 is 5.13. The summed E-state index contributed by atoms with van der Waals surface area (Å²) in [6, 6.07) is 2.01. The Bertz CT molecular complexity index is 472. The predicted molar refractivity (Wildman–Crippen MR) is 85.5 cm³/mol. The van der Waals surface area contributed by atoms with Crippen LogP contribution in [0, 0.1) is 12.8 Å². The lowest BCUT2D eigenvalue weighted by Crippen LogP contribution is -2.52. The van der Waals surface area contributed by atoms with Gasteiger partial charge in [-0.1, -0.05) is 12.1 Å². The first-order valence-corrected chi connectivity index (χ1v) is 8.62. The molecule has 0 spiro atoms. The summed E-state index contributed by atoms with van der Waals surface area (Å²) in [5.74, 6) is 1.66. The second-order valence-electron chi connectivity index (χ2n) is 7.39. The molecule has 0 radical (unpaired) electrons. The quantitative estimate of drug-likeness (QED) is 0.922. The molecule has 0 aromatic carbocycles. The summed E-state index contributed by atoms with van der Waals surface area (Å²) in [4.78, 5) is 4.85. The van der Waals surface area contributed by atoms with Crippen molar-refractivity contribution in [3.8, 4) is 0 Å². The molecule has 0 bridgehead atoms. The summed E-state index contributed by atoms with van der Waals surface area (Å²) in [5.41, 5.74) is 0.573. The van der Waals surface area contributed by atoms with Crippen molar-refractivity contribution in [3.63, 3.8) is 0 Å². The van der Waals surface area contributed by atoms with Crippen LogP contribution in [0.4, 0.5) is 0 Å². The van der Waals surface area contributed by atoms with Crippen LogP contribution in [0.3, 0.4) is 0 Å². The van der Waals surface area contributed by atoms with E-state index in [-0.39, 0.29) is 0 Å². The molecule has 5 nitrogen and oxygen atoms in total. The molecular formula is C17H29N3O2. The van der Waals surface area contributed by atoms with E-state index >= 15 is 0 Å². The van der Waals surface area contributed by atoms with Crippen molar-refractivity contribution < 1.29 is 9.63 Å². The maximum atomic E-state index is 10.8. The lowest BCUT2D eigenvalue weighted by Gasteiger charge is -2.41. The zero-order valence-electron chi connectivity index (χ0n) is 13.9. The van der Waals surface area contributed by atoms with E-state index in [0.29, 0.717) is 0 Å². The average Bonchev–Trinajstić information content (AvgIpc) is 2.90. The van der Waals surface area contributed by atoms with Crippen molar-refractivity contribution in [1.29, 1.82) is 0 Å². The van der Waals surface area contributed by atoms with Gasteiger partial charge in [-0.25, -0.2) is 0 Å². The fourth-order valence-electron chi connectivity index (χ4n) is 3.70. The number of nitrogens with zero attached hydrogens (tertiary/aromatic N) is 3. The number of piperazine rings is 1. The highest BCUT2D eigenvalue weighted by atomic mass is 16.5. The fraction of sp³-hybridized carbons (Fsp3) is 0.824. The minimum Gasteiger partial charge on any atom is -0.389 e.